The molecule has 0 amide bonds. The SMILES string of the molecule is N#Cc1c(N)[nH]c(=O)c(C#N)c1-c1cccc(-c2cccc(F)c2)c1. The molecule has 0 aliphatic carbocycles. The molecule has 2 aromatic carbocycles. The van der Waals surface area contributed by atoms with E-state index in [1.54, 1.807) is 36.4 Å². The van der Waals surface area contributed by atoms with Crippen molar-refractivity contribution in [1.82, 2.24) is 4.98 Å². The van der Waals surface area contributed by atoms with Crippen molar-refractivity contribution in [2.24, 2.45) is 0 Å². The van der Waals surface area contributed by atoms with E-state index in [2.05, 4.69) is 4.98 Å². The zero-order chi connectivity index (χ0) is 18.0. The van der Waals surface area contributed by atoms with Crippen molar-refractivity contribution < 1.29 is 4.39 Å². The first-order valence-corrected chi connectivity index (χ1v) is 7.27. The van der Waals surface area contributed by atoms with Gasteiger partial charge in [-0.1, -0.05) is 30.3 Å². The zero-order valence-electron chi connectivity index (χ0n) is 12.9. The van der Waals surface area contributed by atoms with Crippen LogP contribution in [0.1, 0.15) is 11.1 Å². The molecule has 1 aromatic heterocycles. The summed E-state index contributed by atoms with van der Waals surface area (Å²) < 4.78 is 13.5. The van der Waals surface area contributed by atoms with Crippen LogP contribution < -0.4 is 11.3 Å². The van der Waals surface area contributed by atoms with Crippen LogP contribution >= 0.6 is 0 Å². The lowest BCUT2D eigenvalue weighted by Gasteiger charge is -2.10. The van der Waals surface area contributed by atoms with Crippen molar-refractivity contribution in [1.29, 1.82) is 10.5 Å². The second kappa shape index (κ2) is 6.31. The number of aromatic amines is 1. The third-order valence-corrected chi connectivity index (χ3v) is 3.78. The van der Waals surface area contributed by atoms with Crippen LogP contribution in [0.4, 0.5) is 10.2 Å². The van der Waals surface area contributed by atoms with E-state index in [9.17, 15) is 19.7 Å². The van der Waals surface area contributed by atoms with Gasteiger partial charge < -0.3 is 10.7 Å². The second-order valence-electron chi connectivity index (χ2n) is 5.31. The van der Waals surface area contributed by atoms with Crippen molar-refractivity contribution in [3.63, 3.8) is 0 Å². The molecule has 120 valence electrons. The number of nitriles is 2. The highest BCUT2D eigenvalue weighted by molar-refractivity contribution is 5.82. The van der Waals surface area contributed by atoms with Gasteiger partial charge in [-0.2, -0.15) is 10.5 Å². The molecular weight excluding hydrogens is 319 g/mol. The third-order valence-electron chi connectivity index (χ3n) is 3.78. The third kappa shape index (κ3) is 2.85. The Labute approximate surface area is 142 Å². The van der Waals surface area contributed by atoms with E-state index in [-0.39, 0.29) is 28.3 Å². The number of benzene rings is 2. The molecule has 1 heterocycles. The topological polar surface area (TPSA) is 106 Å². The van der Waals surface area contributed by atoms with Gasteiger partial charge in [0.2, 0.25) is 0 Å². The van der Waals surface area contributed by atoms with Gasteiger partial charge in [0.25, 0.3) is 5.56 Å². The molecule has 0 radical (unpaired) electrons. The summed E-state index contributed by atoms with van der Waals surface area (Å²) in [6.07, 6.45) is 0. The fraction of sp³-hybridized carbons (Fsp3) is 0. The van der Waals surface area contributed by atoms with E-state index in [4.69, 9.17) is 5.73 Å². The van der Waals surface area contributed by atoms with Gasteiger partial charge in [-0.25, -0.2) is 4.39 Å². The van der Waals surface area contributed by atoms with Crippen LogP contribution in [0.15, 0.2) is 53.3 Å². The Hall–Kier alpha value is -3.90. The Morgan fingerprint density at radius 3 is 2.16 bits per heavy atom. The monoisotopic (exact) mass is 330 g/mol. The Morgan fingerprint density at radius 2 is 1.52 bits per heavy atom. The van der Waals surface area contributed by atoms with Crippen LogP contribution in [0.2, 0.25) is 0 Å². The smallest absolute Gasteiger partial charge is 0.268 e. The van der Waals surface area contributed by atoms with Gasteiger partial charge in [0.05, 0.1) is 0 Å². The highest BCUT2D eigenvalue weighted by Gasteiger charge is 2.18. The number of hydrogen-bond donors (Lipinski definition) is 2. The number of nitrogens with zero attached hydrogens (tertiary/aromatic N) is 2. The summed E-state index contributed by atoms with van der Waals surface area (Å²) in [7, 11) is 0. The van der Waals surface area contributed by atoms with Gasteiger partial charge in [0.15, 0.2) is 0 Å². The lowest BCUT2D eigenvalue weighted by molar-refractivity contribution is 0.628. The average Bonchev–Trinajstić information content (AvgIpc) is 2.61. The first kappa shape index (κ1) is 16.0. The Morgan fingerprint density at radius 1 is 0.920 bits per heavy atom. The number of halogens is 1. The second-order valence-corrected chi connectivity index (χ2v) is 5.31. The summed E-state index contributed by atoms with van der Waals surface area (Å²) in [4.78, 5) is 14.3. The maximum atomic E-state index is 13.5. The fourth-order valence-corrected chi connectivity index (χ4v) is 2.65. The molecule has 0 bridgehead atoms. The molecule has 0 fully saturated rings. The van der Waals surface area contributed by atoms with Gasteiger partial charge >= 0.3 is 0 Å². The molecule has 3 rings (SSSR count). The minimum Gasteiger partial charge on any atom is -0.384 e. The molecule has 0 aliphatic heterocycles. The van der Waals surface area contributed by atoms with E-state index < -0.39 is 5.56 Å². The number of nitrogens with two attached hydrogens (primary N) is 1. The Balaban J connectivity index is 2.29. The number of anilines is 1. The number of H-pyrrole nitrogens is 1. The molecule has 3 N–H and O–H groups in total. The number of aromatic nitrogens is 1. The first-order chi connectivity index (χ1) is 12.0. The standard InChI is InChI=1S/C19H11FN4O/c20-14-6-2-4-12(8-14)11-3-1-5-13(7-11)17-15(9-21)18(23)24-19(25)16(17)10-22/h1-8H,(H3,23,24,25). The molecule has 0 saturated heterocycles. The Kier molecular flexibility index (Phi) is 4.03. The maximum absolute atomic E-state index is 13.5. The molecule has 0 saturated carbocycles. The van der Waals surface area contributed by atoms with E-state index in [0.29, 0.717) is 16.7 Å². The summed E-state index contributed by atoms with van der Waals surface area (Å²) in [5.74, 6) is -0.476. The van der Waals surface area contributed by atoms with Crippen molar-refractivity contribution in [3.8, 4) is 34.4 Å². The summed E-state index contributed by atoms with van der Waals surface area (Å²) in [6.45, 7) is 0. The van der Waals surface area contributed by atoms with Crippen LogP contribution in [0.5, 0.6) is 0 Å². The largest absolute Gasteiger partial charge is 0.384 e. The molecule has 0 atom stereocenters. The first-order valence-electron chi connectivity index (χ1n) is 7.27. The van der Waals surface area contributed by atoms with Crippen LogP contribution in [-0.4, -0.2) is 4.98 Å². The lowest BCUT2D eigenvalue weighted by atomic mass is 9.94. The van der Waals surface area contributed by atoms with Crippen molar-refractivity contribution in [3.05, 3.63) is 75.8 Å². The highest BCUT2D eigenvalue weighted by Crippen LogP contribution is 2.31. The van der Waals surface area contributed by atoms with Crippen LogP contribution in [-0.2, 0) is 0 Å². The predicted molar refractivity (Wildman–Crippen MR) is 91.7 cm³/mol. The number of nitrogen functional groups attached to an aromatic ring is 1. The van der Waals surface area contributed by atoms with Crippen LogP contribution in [0.25, 0.3) is 22.3 Å². The molecule has 0 spiro atoms. The van der Waals surface area contributed by atoms with Gasteiger partial charge in [-0.3, -0.25) is 4.79 Å². The molecule has 25 heavy (non-hydrogen) atoms. The minimum absolute atomic E-state index is 0.0209. The highest BCUT2D eigenvalue weighted by atomic mass is 19.1. The summed E-state index contributed by atoms with van der Waals surface area (Å²) in [5.41, 5.74) is 6.86. The normalized spacial score (nSPS) is 10.0. The molecule has 0 unspecified atom stereocenters. The fourth-order valence-electron chi connectivity index (χ4n) is 2.65. The summed E-state index contributed by atoms with van der Waals surface area (Å²) in [5, 5.41) is 18.7. The van der Waals surface area contributed by atoms with Gasteiger partial charge in [-0.05, 0) is 34.9 Å². The number of nitrogens with one attached hydrogen (secondary N) is 1. The lowest BCUT2D eigenvalue weighted by Crippen LogP contribution is -2.16. The van der Waals surface area contributed by atoms with E-state index >= 15 is 0 Å². The summed E-state index contributed by atoms with van der Waals surface area (Å²) in [6, 6.07) is 16.6. The summed E-state index contributed by atoms with van der Waals surface area (Å²) >= 11 is 0. The van der Waals surface area contributed by atoms with Gasteiger partial charge in [0, 0.05) is 5.56 Å². The maximum Gasteiger partial charge on any atom is 0.268 e. The minimum atomic E-state index is -0.662. The van der Waals surface area contributed by atoms with Gasteiger partial charge in [0.1, 0.15) is 34.9 Å². The quantitative estimate of drug-likeness (QED) is 0.752. The van der Waals surface area contributed by atoms with Crippen LogP contribution in [0.3, 0.4) is 0 Å². The van der Waals surface area contributed by atoms with Crippen molar-refractivity contribution >= 4 is 5.82 Å². The van der Waals surface area contributed by atoms with Gasteiger partial charge in [-0.15, -0.1) is 0 Å². The van der Waals surface area contributed by atoms with Crippen molar-refractivity contribution in [2.75, 3.05) is 5.73 Å². The average molecular weight is 330 g/mol. The number of rotatable bonds is 2. The zero-order valence-corrected chi connectivity index (χ0v) is 12.9. The Bertz CT molecular complexity index is 1120. The van der Waals surface area contributed by atoms with Crippen LogP contribution in [0, 0.1) is 28.5 Å². The molecule has 5 nitrogen and oxygen atoms in total. The number of pyridine rings is 1. The number of hydrogen-bond acceptors (Lipinski definition) is 4. The van der Waals surface area contributed by atoms with E-state index in [1.165, 1.54) is 12.1 Å². The van der Waals surface area contributed by atoms with E-state index in [0.717, 1.165) is 0 Å². The molecular formula is C19H11FN4O. The van der Waals surface area contributed by atoms with Crippen molar-refractivity contribution in [2.45, 2.75) is 0 Å². The predicted octanol–water partition coefficient (Wildman–Crippen LogP) is 3.17. The molecule has 0 aliphatic rings. The van der Waals surface area contributed by atoms with E-state index in [1.807, 2.05) is 12.1 Å². The molecule has 3 aromatic rings. The molecule has 6 heteroatoms.